The van der Waals surface area contributed by atoms with E-state index in [1.54, 1.807) is 20.8 Å². The van der Waals surface area contributed by atoms with Crippen molar-refractivity contribution in [3.05, 3.63) is 11.6 Å². The molecule has 0 spiro atoms. The molecular formula is C26H36F2O8. The van der Waals surface area contributed by atoms with Crippen molar-refractivity contribution in [1.29, 1.82) is 0 Å². The standard InChI is InChI=1S/C26H34F2O7.H2O/c1-13-8-17-18-10-20(27)19-9-16(31)6-7-23(19,4)25(18,28)21(32)11-24(17,5)26(13,35-15(3)30)22(33)12-34-14(2)29;/h9,13,17-18,20-21,32H,6-8,10-12H2,1-5H3;1H2/t13-,17-,18-,20-,21-,23-,24-,25-,26+;/m0./s1. The van der Waals surface area contributed by atoms with Gasteiger partial charge < -0.3 is 20.1 Å². The van der Waals surface area contributed by atoms with Gasteiger partial charge in [0.2, 0.25) is 5.78 Å². The van der Waals surface area contributed by atoms with E-state index in [1.807, 2.05) is 0 Å². The Labute approximate surface area is 209 Å². The van der Waals surface area contributed by atoms with Crippen molar-refractivity contribution in [3.63, 3.8) is 0 Å². The third-order valence-electron chi connectivity index (χ3n) is 9.69. The van der Waals surface area contributed by atoms with Gasteiger partial charge in [-0.2, -0.15) is 0 Å². The van der Waals surface area contributed by atoms with Crippen LogP contribution < -0.4 is 0 Å². The highest BCUT2D eigenvalue weighted by atomic mass is 19.1. The number of hydrogen-bond acceptors (Lipinski definition) is 7. The highest BCUT2D eigenvalue weighted by molar-refractivity contribution is 5.94. The minimum atomic E-state index is -2.22. The maximum absolute atomic E-state index is 17.3. The molecule has 3 fully saturated rings. The van der Waals surface area contributed by atoms with Crippen molar-refractivity contribution in [2.75, 3.05) is 6.61 Å². The van der Waals surface area contributed by atoms with Crippen molar-refractivity contribution in [1.82, 2.24) is 0 Å². The van der Waals surface area contributed by atoms with Gasteiger partial charge in [0, 0.05) is 42.9 Å². The van der Waals surface area contributed by atoms with Gasteiger partial charge in [0.1, 0.15) is 11.8 Å². The number of Topliss-reactive ketones (excluding diaryl/α,β-unsaturated/α-hetero) is 1. The SMILES string of the molecule is CC(=O)OCC(=O)[C@]1(OC(C)=O)[C@@H](C)C[C@H]2[C@@H]3C[C@H](F)C4=CC(=O)CC[C@]4(C)[C@@]3(F)[C@@H](O)C[C@@]21C.O. The molecule has 0 unspecified atom stereocenters. The molecular weight excluding hydrogens is 478 g/mol. The normalized spacial score (nSPS) is 45.3. The topological polar surface area (TPSA) is 138 Å². The third-order valence-corrected chi connectivity index (χ3v) is 9.69. The number of aliphatic hydroxyl groups excluding tert-OH is 1. The Morgan fingerprint density at radius 1 is 1.14 bits per heavy atom. The fourth-order valence-corrected chi connectivity index (χ4v) is 8.25. The van der Waals surface area contributed by atoms with Gasteiger partial charge in [0.25, 0.3) is 0 Å². The van der Waals surface area contributed by atoms with Crippen molar-refractivity contribution in [2.24, 2.45) is 28.6 Å². The van der Waals surface area contributed by atoms with Crippen LogP contribution in [0.15, 0.2) is 11.6 Å². The lowest BCUT2D eigenvalue weighted by Gasteiger charge is -2.64. The van der Waals surface area contributed by atoms with E-state index in [2.05, 4.69) is 0 Å². The molecule has 3 N–H and O–H groups in total. The smallest absolute Gasteiger partial charge is 0.303 e. The largest absolute Gasteiger partial charge is 0.458 e. The number of ether oxygens (including phenoxy) is 2. The molecule has 0 saturated heterocycles. The quantitative estimate of drug-likeness (QED) is 0.569. The van der Waals surface area contributed by atoms with Gasteiger partial charge >= 0.3 is 11.9 Å². The fourth-order valence-electron chi connectivity index (χ4n) is 8.25. The molecule has 0 radical (unpaired) electrons. The first kappa shape index (κ1) is 28.4. The number of carbonyl (C=O) groups excluding carboxylic acids is 4. The summed E-state index contributed by atoms with van der Waals surface area (Å²) in [6, 6.07) is 0. The zero-order chi connectivity index (χ0) is 26.1. The number of ketones is 2. The predicted molar refractivity (Wildman–Crippen MR) is 123 cm³/mol. The summed E-state index contributed by atoms with van der Waals surface area (Å²) >= 11 is 0. The molecule has 0 amide bonds. The van der Waals surface area contributed by atoms with Gasteiger partial charge in [-0.05, 0) is 43.3 Å². The second kappa shape index (κ2) is 8.97. The van der Waals surface area contributed by atoms with Crippen molar-refractivity contribution >= 4 is 23.5 Å². The maximum Gasteiger partial charge on any atom is 0.303 e. The average Bonchev–Trinajstić information content (AvgIpc) is 2.97. The van der Waals surface area contributed by atoms with E-state index in [-0.39, 0.29) is 48.9 Å². The van der Waals surface area contributed by atoms with E-state index in [0.29, 0.717) is 0 Å². The number of rotatable bonds is 4. The van der Waals surface area contributed by atoms with Crippen LogP contribution in [0.3, 0.4) is 0 Å². The number of alkyl halides is 2. The van der Waals surface area contributed by atoms with Gasteiger partial charge in [0.05, 0.1) is 6.10 Å². The first-order chi connectivity index (χ1) is 16.1. The minimum absolute atomic E-state index is 0. The average molecular weight is 515 g/mol. The van der Waals surface area contributed by atoms with E-state index in [9.17, 15) is 24.3 Å². The van der Waals surface area contributed by atoms with Crippen LogP contribution in [0.4, 0.5) is 8.78 Å². The van der Waals surface area contributed by atoms with Crippen LogP contribution >= 0.6 is 0 Å². The molecule has 0 aliphatic heterocycles. The molecule has 202 valence electrons. The summed E-state index contributed by atoms with van der Waals surface area (Å²) in [6.07, 6.45) is -2.00. The molecule has 4 rings (SSSR count). The van der Waals surface area contributed by atoms with E-state index >= 15 is 8.78 Å². The van der Waals surface area contributed by atoms with Gasteiger partial charge in [0.15, 0.2) is 18.0 Å². The van der Waals surface area contributed by atoms with Crippen LogP contribution in [-0.2, 0) is 28.7 Å². The van der Waals surface area contributed by atoms with Crippen molar-refractivity contribution in [3.8, 4) is 0 Å². The molecule has 0 aromatic rings. The Morgan fingerprint density at radius 3 is 2.36 bits per heavy atom. The molecule has 4 aliphatic carbocycles. The summed E-state index contributed by atoms with van der Waals surface area (Å²) in [4.78, 5) is 49.3. The van der Waals surface area contributed by atoms with Gasteiger partial charge in [-0.25, -0.2) is 8.78 Å². The van der Waals surface area contributed by atoms with Gasteiger partial charge in [-0.15, -0.1) is 0 Å². The molecule has 0 bridgehead atoms. The van der Waals surface area contributed by atoms with Gasteiger partial charge in [-0.3, -0.25) is 19.2 Å². The lowest BCUT2D eigenvalue weighted by atomic mass is 9.43. The predicted octanol–water partition coefficient (Wildman–Crippen LogP) is 2.38. The second-order valence-corrected chi connectivity index (χ2v) is 11.4. The monoisotopic (exact) mass is 514 g/mol. The van der Waals surface area contributed by atoms with E-state index in [0.717, 1.165) is 6.92 Å². The zero-order valence-electron chi connectivity index (χ0n) is 21.4. The van der Waals surface area contributed by atoms with E-state index in [4.69, 9.17) is 9.47 Å². The van der Waals surface area contributed by atoms with Crippen LogP contribution in [0.5, 0.6) is 0 Å². The lowest BCUT2D eigenvalue weighted by molar-refractivity contribution is -0.238. The third kappa shape index (κ3) is 3.50. The summed E-state index contributed by atoms with van der Waals surface area (Å²) < 4.78 is 43.6. The molecule has 3 saturated carbocycles. The molecule has 0 aromatic heterocycles. The molecule has 36 heavy (non-hydrogen) atoms. The summed E-state index contributed by atoms with van der Waals surface area (Å²) in [5.41, 5.74) is -6.50. The number of aliphatic hydroxyl groups is 1. The van der Waals surface area contributed by atoms with E-state index in [1.165, 1.54) is 13.0 Å². The molecule has 4 aliphatic rings. The summed E-state index contributed by atoms with van der Waals surface area (Å²) in [5, 5.41) is 11.4. The number of esters is 2. The van der Waals surface area contributed by atoms with Crippen LogP contribution in [0.2, 0.25) is 0 Å². The van der Waals surface area contributed by atoms with Crippen molar-refractivity contribution in [2.45, 2.75) is 90.3 Å². The van der Waals surface area contributed by atoms with Crippen LogP contribution in [0.1, 0.15) is 66.7 Å². The molecule has 0 aromatic carbocycles. The molecule has 8 nitrogen and oxygen atoms in total. The van der Waals surface area contributed by atoms with Crippen molar-refractivity contribution < 1.29 is 48.0 Å². The van der Waals surface area contributed by atoms with Crippen LogP contribution in [0, 0.1) is 28.6 Å². The number of halogens is 2. The fraction of sp³-hybridized carbons (Fsp3) is 0.769. The first-order valence-electron chi connectivity index (χ1n) is 12.3. The summed E-state index contributed by atoms with van der Waals surface area (Å²) in [7, 11) is 0. The van der Waals surface area contributed by atoms with Crippen LogP contribution in [0.25, 0.3) is 0 Å². The Bertz CT molecular complexity index is 1010. The lowest BCUT2D eigenvalue weighted by Crippen LogP contribution is -2.71. The zero-order valence-corrected chi connectivity index (χ0v) is 21.4. The number of fused-ring (bicyclic) bond motifs is 5. The summed E-state index contributed by atoms with van der Waals surface area (Å²) in [6.45, 7) is 6.67. The first-order valence-corrected chi connectivity index (χ1v) is 12.3. The molecule has 0 heterocycles. The minimum Gasteiger partial charge on any atom is -0.458 e. The Hall–Kier alpha value is -2.20. The van der Waals surface area contributed by atoms with Crippen LogP contribution in [-0.4, -0.2) is 64.2 Å². The highest BCUT2D eigenvalue weighted by Crippen LogP contribution is 2.72. The maximum atomic E-state index is 17.3. The van der Waals surface area contributed by atoms with Gasteiger partial charge in [-0.1, -0.05) is 20.8 Å². The second-order valence-electron chi connectivity index (χ2n) is 11.4. The number of allylic oxidation sites excluding steroid dienone is 1. The molecule has 9 atom stereocenters. The summed E-state index contributed by atoms with van der Waals surface area (Å²) in [5.74, 6) is -4.45. The Morgan fingerprint density at radius 2 is 1.78 bits per heavy atom. The Kier molecular flexibility index (Phi) is 7.07. The highest BCUT2D eigenvalue weighted by Gasteiger charge is 2.78. The number of hydrogen-bond donors (Lipinski definition) is 1. The Balaban J connectivity index is 0.00000361. The van der Waals surface area contributed by atoms with E-state index < -0.39 is 76.5 Å². The molecule has 10 heteroatoms. The number of carbonyl (C=O) groups is 4.